The number of aromatic amines is 1. The molecule has 0 radical (unpaired) electrons. The van der Waals surface area contributed by atoms with Gasteiger partial charge in [0, 0.05) is 25.2 Å². The van der Waals surface area contributed by atoms with Gasteiger partial charge in [0.25, 0.3) is 0 Å². The molecule has 144 valence electrons. The zero-order valence-corrected chi connectivity index (χ0v) is 16.5. The Kier molecular flexibility index (Phi) is 6.02. The van der Waals surface area contributed by atoms with E-state index in [1.54, 1.807) is 0 Å². The van der Waals surface area contributed by atoms with Gasteiger partial charge in [-0.25, -0.2) is 4.79 Å². The third kappa shape index (κ3) is 3.31. The van der Waals surface area contributed by atoms with Gasteiger partial charge in [0.15, 0.2) is 0 Å². The van der Waals surface area contributed by atoms with Crippen molar-refractivity contribution >= 4 is 35.8 Å². The normalized spacial score (nSPS) is 29.3. The van der Waals surface area contributed by atoms with E-state index in [2.05, 4.69) is 21.3 Å². The van der Waals surface area contributed by atoms with E-state index < -0.39 is 0 Å². The number of nitrogens with zero attached hydrogens (tertiary/aromatic N) is 2. The molecule has 5 nitrogen and oxygen atoms in total. The Hall–Kier alpha value is -1.01. The first-order chi connectivity index (χ1) is 11.8. The van der Waals surface area contributed by atoms with Crippen molar-refractivity contribution in [2.45, 2.75) is 37.8 Å². The Balaban J connectivity index is 0.000000980. The molecule has 2 aromatic rings. The summed E-state index contributed by atoms with van der Waals surface area (Å²) in [4.78, 5) is 18.1. The van der Waals surface area contributed by atoms with E-state index in [1.165, 1.54) is 25.9 Å². The SMILES string of the molecule is Cl.Cl.O=c1[nH]c2ccccc2n1C1CCN(C2C[C@H]3CNC[C@H]3C2)CC1. The molecular weight excluding hydrogens is 371 g/mol. The van der Waals surface area contributed by atoms with Crippen LogP contribution in [0, 0.1) is 11.8 Å². The number of hydrogen-bond acceptors (Lipinski definition) is 3. The van der Waals surface area contributed by atoms with E-state index in [1.807, 2.05) is 22.8 Å². The summed E-state index contributed by atoms with van der Waals surface area (Å²) in [5.41, 5.74) is 2.07. The number of likely N-dealkylation sites (tertiary alicyclic amines) is 1. The topological polar surface area (TPSA) is 53.1 Å². The van der Waals surface area contributed by atoms with Gasteiger partial charge in [-0.3, -0.25) is 4.57 Å². The summed E-state index contributed by atoms with van der Waals surface area (Å²) in [5, 5.41) is 3.54. The third-order valence-electron chi connectivity index (χ3n) is 6.63. The summed E-state index contributed by atoms with van der Waals surface area (Å²) in [6.07, 6.45) is 4.92. The van der Waals surface area contributed by atoms with Gasteiger partial charge in [-0.05, 0) is 62.7 Å². The molecule has 2 aliphatic heterocycles. The number of halogens is 2. The number of nitrogens with one attached hydrogen (secondary N) is 2. The van der Waals surface area contributed by atoms with Crippen molar-refractivity contribution in [3.63, 3.8) is 0 Å². The highest BCUT2D eigenvalue weighted by Gasteiger charge is 2.40. The van der Waals surface area contributed by atoms with Gasteiger partial charge < -0.3 is 15.2 Å². The first-order valence-corrected chi connectivity index (χ1v) is 9.43. The molecule has 0 spiro atoms. The Labute approximate surface area is 166 Å². The number of benzene rings is 1. The van der Waals surface area contributed by atoms with Crippen LogP contribution in [0.25, 0.3) is 11.0 Å². The second-order valence-corrected chi connectivity index (χ2v) is 7.89. The molecule has 2 saturated heterocycles. The predicted molar refractivity (Wildman–Crippen MR) is 110 cm³/mol. The summed E-state index contributed by atoms with van der Waals surface area (Å²) in [6, 6.07) is 9.18. The van der Waals surface area contributed by atoms with E-state index >= 15 is 0 Å². The van der Waals surface area contributed by atoms with Crippen LogP contribution in [0.15, 0.2) is 29.1 Å². The maximum absolute atomic E-state index is 12.4. The van der Waals surface area contributed by atoms with E-state index in [0.717, 1.165) is 54.8 Å². The molecule has 1 aromatic carbocycles. The summed E-state index contributed by atoms with van der Waals surface area (Å²) in [6.45, 7) is 4.72. The second kappa shape index (κ2) is 7.93. The monoisotopic (exact) mass is 398 g/mol. The second-order valence-electron chi connectivity index (χ2n) is 7.89. The van der Waals surface area contributed by atoms with Crippen molar-refractivity contribution in [2.24, 2.45) is 11.8 Å². The molecular formula is C19H28Cl2N4O. The minimum Gasteiger partial charge on any atom is -0.316 e. The first-order valence-electron chi connectivity index (χ1n) is 9.43. The van der Waals surface area contributed by atoms with Crippen LogP contribution in [0.3, 0.4) is 0 Å². The lowest BCUT2D eigenvalue weighted by Gasteiger charge is -2.36. The maximum Gasteiger partial charge on any atom is 0.326 e. The third-order valence-corrected chi connectivity index (χ3v) is 6.63. The summed E-state index contributed by atoms with van der Waals surface area (Å²) < 4.78 is 2.00. The molecule has 2 N–H and O–H groups in total. The van der Waals surface area contributed by atoms with Crippen LogP contribution in [0.2, 0.25) is 0 Å². The van der Waals surface area contributed by atoms with Crippen molar-refractivity contribution < 1.29 is 0 Å². The van der Waals surface area contributed by atoms with Gasteiger partial charge >= 0.3 is 5.69 Å². The fraction of sp³-hybridized carbons (Fsp3) is 0.632. The van der Waals surface area contributed by atoms with Gasteiger partial charge in [0.1, 0.15) is 0 Å². The number of aromatic nitrogens is 2. The van der Waals surface area contributed by atoms with Crippen LogP contribution in [0.5, 0.6) is 0 Å². The van der Waals surface area contributed by atoms with E-state index in [0.29, 0.717) is 6.04 Å². The van der Waals surface area contributed by atoms with E-state index in [9.17, 15) is 4.79 Å². The molecule has 1 unspecified atom stereocenters. The lowest BCUT2D eigenvalue weighted by atomic mass is 10.0. The Morgan fingerprint density at radius 3 is 2.27 bits per heavy atom. The number of imidazole rings is 1. The molecule has 3 fully saturated rings. The molecule has 3 aliphatic rings. The molecule has 0 amide bonds. The number of hydrogen-bond donors (Lipinski definition) is 2. The minimum atomic E-state index is 0. The van der Waals surface area contributed by atoms with Gasteiger partial charge in [-0.15, -0.1) is 24.8 Å². The number of fused-ring (bicyclic) bond motifs is 2. The smallest absolute Gasteiger partial charge is 0.316 e. The summed E-state index contributed by atoms with van der Waals surface area (Å²) >= 11 is 0. The van der Waals surface area contributed by atoms with Crippen LogP contribution in [-0.4, -0.2) is 46.7 Å². The average Bonchev–Trinajstić information content (AvgIpc) is 3.26. The zero-order valence-electron chi connectivity index (χ0n) is 14.9. The average molecular weight is 399 g/mol. The molecule has 0 bridgehead atoms. The Morgan fingerprint density at radius 1 is 0.923 bits per heavy atom. The Morgan fingerprint density at radius 2 is 1.58 bits per heavy atom. The number of rotatable bonds is 2. The largest absolute Gasteiger partial charge is 0.326 e. The van der Waals surface area contributed by atoms with Crippen LogP contribution in [-0.2, 0) is 0 Å². The first kappa shape index (κ1) is 19.7. The molecule has 3 heterocycles. The van der Waals surface area contributed by atoms with Crippen LogP contribution in [0.1, 0.15) is 31.7 Å². The van der Waals surface area contributed by atoms with Crippen molar-refractivity contribution in [1.82, 2.24) is 19.8 Å². The van der Waals surface area contributed by atoms with E-state index in [-0.39, 0.29) is 30.5 Å². The van der Waals surface area contributed by atoms with Crippen molar-refractivity contribution in [1.29, 1.82) is 0 Å². The van der Waals surface area contributed by atoms with Crippen molar-refractivity contribution in [3.8, 4) is 0 Å². The van der Waals surface area contributed by atoms with Crippen LogP contribution < -0.4 is 11.0 Å². The number of piperidine rings is 1. The van der Waals surface area contributed by atoms with Gasteiger partial charge in [-0.1, -0.05) is 12.1 Å². The highest BCUT2D eigenvalue weighted by Crippen LogP contribution is 2.38. The van der Waals surface area contributed by atoms with E-state index in [4.69, 9.17) is 0 Å². The molecule has 1 saturated carbocycles. The number of H-pyrrole nitrogens is 1. The predicted octanol–water partition coefficient (Wildman–Crippen LogP) is 2.81. The Bertz CT molecular complexity index is 784. The minimum absolute atomic E-state index is 0. The van der Waals surface area contributed by atoms with Crippen molar-refractivity contribution in [2.75, 3.05) is 26.2 Å². The van der Waals surface area contributed by atoms with Crippen molar-refractivity contribution in [3.05, 3.63) is 34.7 Å². The van der Waals surface area contributed by atoms with Gasteiger partial charge in [0.05, 0.1) is 11.0 Å². The van der Waals surface area contributed by atoms with Crippen LogP contribution >= 0.6 is 24.8 Å². The zero-order chi connectivity index (χ0) is 16.1. The lowest BCUT2D eigenvalue weighted by Crippen LogP contribution is -2.42. The molecule has 1 aromatic heterocycles. The number of para-hydroxylation sites is 2. The lowest BCUT2D eigenvalue weighted by molar-refractivity contribution is 0.132. The quantitative estimate of drug-likeness (QED) is 0.817. The van der Waals surface area contributed by atoms with Gasteiger partial charge in [0.2, 0.25) is 0 Å². The molecule has 26 heavy (non-hydrogen) atoms. The highest BCUT2D eigenvalue weighted by atomic mass is 35.5. The molecule has 3 atom stereocenters. The standard InChI is InChI=1S/C19H26N4O.2ClH/c24-19-21-17-3-1-2-4-18(17)23(19)15-5-7-22(8-6-15)16-9-13-11-20-12-14(13)10-16;;/h1-4,13-16,20H,5-12H2,(H,21,24);2*1H/t13-,14+,16?;;. The van der Waals surface area contributed by atoms with Gasteiger partial charge in [-0.2, -0.15) is 0 Å². The summed E-state index contributed by atoms with van der Waals surface area (Å²) in [7, 11) is 0. The highest BCUT2D eigenvalue weighted by molar-refractivity contribution is 5.85. The van der Waals surface area contributed by atoms with Crippen LogP contribution in [0.4, 0.5) is 0 Å². The fourth-order valence-corrected chi connectivity index (χ4v) is 5.38. The molecule has 5 rings (SSSR count). The summed E-state index contributed by atoms with van der Waals surface area (Å²) in [5.74, 6) is 1.81. The fourth-order valence-electron chi connectivity index (χ4n) is 5.38. The maximum atomic E-state index is 12.4. The molecule has 1 aliphatic carbocycles. The molecule has 7 heteroatoms.